The quantitative estimate of drug-likeness (QED) is 0.284. The number of hydrogen-bond donors (Lipinski definition) is 1. The van der Waals surface area contributed by atoms with Crippen molar-refractivity contribution in [3.8, 4) is 21.3 Å². The third-order valence-electron chi connectivity index (χ3n) is 5.98. The summed E-state index contributed by atoms with van der Waals surface area (Å²) in [5.41, 5.74) is 0.623. The number of halogens is 2. The van der Waals surface area contributed by atoms with Crippen molar-refractivity contribution in [1.29, 1.82) is 0 Å². The molecule has 1 saturated carbocycles. The van der Waals surface area contributed by atoms with Crippen LogP contribution in [0.5, 0.6) is 0 Å². The number of carbonyl (C=O) groups excluding carboxylic acids is 1. The van der Waals surface area contributed by atoms with Gasteiger partial charge in [0.1, 0.15) is 10.5 Å². The maximum absolute atomic E-state index is 12.7. The Kier molecular flexibility index (Phi) is 8.30. The number of nitrogens with one attached hydrogen (secondary N) is 1. The van der Waals surface area contributed by atoms with Crippen LogP contribution in [0.2, 0.25) is 10.0 Å². The third kappa shape index (κ3) is 6.34. The van der Waals surface area contributed by atoms with Gasteiger partial charge in [0.25, 0.3) is 6.47 Å². The summed E-state index contributed by atoms with van der Waals surface area (Å²) in [6.45, 7) is 7.34. The molecule has 37 heavy (non-hydrogen) atoms. The van der Waals surface area contributed by atoms with Crippen LogP contribution in [0.3, 0.4) is 0 Å². The van der Waals surface area contributed by atoms with E-state index in [1.807, 2.05) is 0 Å². The highest BCUT2D eigenvalue weighted by molar-refractivity contribution is 7.89. The molecule has 0 radical (unpaired) electrons. The van der Waals surface area contributed by atoms with E-state index < -0.39 is 15.6 Å². The zero-order chi connectivity index (χ0) is 27.0. The number of carbonyl (C=O) groups is 1. The van der Waals surface area contributed by atoms with E-state index in [0.29, 0.717) is 34.7 Å². The molecule has 0 atom stereocenters. The van der Waals surface area contributed by atoms with Gasteiger partial charge in [-0.1, -0.05) is 53.7 Å². The fraction of sp³-hybridized carbons (Fsp3) is 0.500. The molecule has 13 heteroatoms. The van der Waals surface area contributed by atoms with Gasteiger partial charge in [-0.05, 0) is 46.1 Å². The first-order valence-electron chi connectivity index (χ1n) is 11.8. The smallest absolute Gasteiger partial charge is 0.293 e. The van der Waals surface area contributed by atoms with Gasteiger partial charge in [0.15, 0.2) is 5.01 Å². The van der Waals surface area contributed by atoms with Crippen LogP contribution < -0.4 is 4.72 Å². The molecule has 4 rings (SSSR count). The fourth-order valence-corrected chi connectivity index (χ4v) is 7.23. The number of nitrogens with zero attached hydrogens (tertiary/aromatic N) is 3. The minimum Gasteiger partial charge on any atom is -0.461 e. The molecule has 2 heterocycles. The highest BCUT2D eigenvalue weighted by atomic mass is 35.5. The molecule has 0 amide bonds. The zero-order valence-corrected chi connectivity index (χ0v) is 24.0. The van der Waals surface area contributed by atoms with E-state index in [-0.39, 0.29) is 27.4 Å². The first-order valence-corrected chi connectivity index (χ1v) is 14.9. The number of hydrogen-bond acceptors (Lipinski definition) is 9. The molecule has 3 aromatic rings. The summed E-state index contributed by atoms with van der Waals surface area (Å²) < 4.78 is 38.5. The van der Waals surface area contributed by atoms with Crippen LogP contribution in [0.4, 0.5) is 0 Å². The van der Waals surface area contributed by atoms with Crippen molar-refractivity contribution in [3.05, 3.63) is 33.8 Å². The van der Waals surface area contributed by atoms with E-state index in [0.717, 1.165) is 29.8 Å². The number of thiazole rings is 1. The number of rotatable bonds is 11. The lowest BCUT2D eigenvalue weighted by atomic mass is 9.82. The van der Waals surface area contributed by atoms with E-state index in [2.05, 4.69) is 14.9 Å². The molecule has 0 aliphatic heterocycles. The van der Waals surface area contributed by atoms with Gasteiger partial charge in [0.05, 0.1) is 27.0 Å². The van der Waals surface area contributed by atoms with Gasteiger partial charge in [-0.2, -0.15) is 4.98 Å². The molecule has 0 saturated heterocycles. The molecular formula is C24H28Cl2N4O5S2. The normalized spacial score (nSPS) is 14.7. The minimum absolute atomic E-state index is 0.0453. The van der Waals surface area contributed by atoms with Crippen LogP contribution in [0.15, 0.2) is 21.6 Å². The first kappa shape index (κ1) is 28.0. The van der Waals surface area contributed by atoms with E-state index in [4.69, 9.17) is 37.4 Å². The summed E-state index contributed by atoms with van der Waals surface area (Å²) in [6, 6.07) is 2.82. The van der Waals surface area contributed by atoms with Crippen molar-refractivity contribution in [2.45, 2.75) is 76.3 Å². The highest BCUT2D eigenvalue weighted by Gasteiger charge is 2.29. The lowest BCUT2D eigenvalue weighted by Crippen LogP contribution is -2.30. The largest absolute Gasteiger partial charge is 0.461 e. The number of sulfonamides is 1. The SMILES string of the molecule is CC(C)NS(=O)(=O)c1ccc(-c2sc(-c3noc(CC(C)(C)OC=O)n3)nc2CC2CCC2)c(Cl)c1Cl. The fourth-order valence-electron chi connectivity index (χ4n) is 4.00. The Morgan fingerprint density at radius 2 is 1.97 bits per heavy atom. The molecule has 2 aromatic heterocycles. The van der Waals surface area contributed by atoms with Crippen molar-refractivity contribution in [2.75, 3.05) is 0 Å². The number of aromatic nitrogens is 3. The minimum atomic E-state index is -3.83. The lowest BCUT2D eigenvalue weighted by Gasteiger charge is -2.24. The average molecular weight is 588 g/mol. The molecule has 1 aromatic carbocycles. The second-order valence-corrected chi connectivity index (χ2v) is 13.4. The standard InChI is InChI=1S/C24H28Cl2N4O5S2/c1-13(2)30-37(32,33)17-9-8-15(19(25)20(17)26)21-16(10-14-6-5-7-14)27-23(36-21)22-28-18(35-29-22)11-24(3,4)34-12-31/h8-9,12-14,30H,5-7,10-11H2,1-4H3. The van der Waals surface area contributed by atoms with E-state index >= 15 is 0 Å². The summed E-state index contributed by atoms with van der Waals surface area (Å²) in [4.78, 5) is 20.7. The molecule has 0 bridgehead atoms. The van der Waals surface area contributed by atoms with Crippen LogP contribution in [-0.2, 0) is 32.4 Å². The summed E-state index contributed by atoms with van der Waals surface area (Å²) in [5.74, 6) is 1.14. The molecule has 1 aliphatic carbocycles. The molecule has 1 fully saturated rings. The van der Waals surface area contributed by atoms with Crippen molar-refractivity contribution >= 4 is 51.0 Å². The molecule has 1 N–H and O–H groups in total. The van der Waals surface area contributed by atoms with Crippen LogP contribution in [0, 0.1) is 5.92 Å². The Morgan fingerprint density at radius 1 is 1.24 bits per heavy atom. The van der Waals surface area contributed by atoms with E-state index in [9.17, 15) is 13.2 Å². The Hall–Kier alpha value is -2.05. The molecule has 1 aliphatic rings. The molecule has 0 spiro atoms. The Balaban J connectivity index is 1.72. The maximum atomic E-state index is 12.7. The average Bonchev–Trinajstić information content (AvgIpc) is 3.38. The second kappa shape index (κ2) is 11.0. The predicted molar refractivity (Wildman–Crippen MR) is 142 cm³/mol. The monoisotopic (exact) mass is 586 g/mol. The van der Waals surface area contributed by atoms with Crippen LogP contribution in [0.1, 0.15) is 58.5 Å². The summed E-state index contributed by atoms with van der Waals surface area (Å²) in [7, 11) is -3.83. The highest BCUT2D eigenvalue weighted by Crippen LogP contribution is 2.44. The van der Waals surface area contributed by atoms with Gasteiger partial charge in [0, 0.05) is 11.6 Å². The van der Waals surface area contributed by atoms with Crippen LogP contribution >= 0.6 is 34.5 Å². The van der Waals surface area contributed by atoms with Crippen LogP contribution in [-0.4, -0.2) is 41.7 Å². The van der Waals surface area contributed by atoms with Crippen molar-refractivity contribution in [1.82, 2.24) is 19.8 Å². The topological polar surface area (TPSA) is 124 Å². The van der Waals surface area contributed by atoms with E-state index in [1.165, 1.54) is 23.8 Å². The van der Waals surface area contributed by atoms with Gasteiger partial charge in [0.2, 0.25) is 21.7 Å². The number of benzene rings is 1. The summed E-state index contributed by atoms with van der Waals surface area (Å²) in [5, 5.41) is 4.71. The van der Waals surface area contributed by atoms with Crippen molar-refractivity contribution in [2.24, 2.45) is 5.92 Å². The lowest BCUT2D eigenvalue weighted by molar-refractivity contribution is -0.140. The summed E-state index contributed by atoms with van der Waals surface area (Å²) in [6.07, 6.45) is 4.42. The molecule has 9 nitrogen and oxygen atoms in total. The maximum Gasteiger partial charge on any atom is 0.293 e. The molecule has 200 valence electrons. The summed E-state index contributed by atoms with van der Waals surface area (Å²) >= 11 is 14.5. The van der Waals surface area contributed by atoms with E-state index in [1.54, 1.807) is 33.8 Å². The van der Waals surface area contributed by atoms with Gasteiger partial charge in [-0.25, -0.2) is 18.1 Å². The Labute approximate surface area is 230 Å². The van der Waals surface area contributed by atoms with Crippen molar-refractivity contribution < 1.29 is 22.5 Å². The Bertz CT molecular complexity index is 1400. The third-order valence-corrected chi connectivity index (χ3v) is 9.80. The van der Waals surface area contributed by atoms with Gasteiger partial charge >= 0.3 is 0 Å². The Morgan fingerprint density at radius 3 is 2.59 bits per heavy atom. The molecular weight excluding hydrogens is 559 g/mol. The molecule has 0 unspecified atom stereocenters. The van der Waals surface area contributed by atoms with Gasteiger partial charge < -0.3 is 9.26 Å². The van der Waals surface area contributed by atoms with Gasteiger partial charge in [-0.15, -0.1) is 11.3 Å². The van der Waals surface area contributed by atoms with Crippen molar-refractivity contribution in [3.63, 3.8) is 0 Å². The first-order chi connectivity index (χ1) is 17.4. The van der Waals surface area contributed by atoms with Crippen LogP contribution in [0.25, 0.3) is 21.3 Å². The number of ether oxygens (including phenoxy) is 1. The zero-order valence-electron chi connectivity index (χ0n) is 20.9. The second-order valence-electron chi connectivity index (χ2n) is 9.97. The van der Waals surface area contributed by atoms with Gasteiger partial charge in [-0.3, -0.25) is 4.79 Å². The predicted octanol–water partition coefficient (Wildman–Crippen LogP) is 5.69.